The first-order chi connectivity index (χ1) is 14.0. The molecule has 0 radical (unpaired) electrons. The number of benzene rings is 2. The van der Waals surface area contributed by atoms with E-state index in [1.165, 1.54) is 26.4 Å². The van der Waals surface area contributed by atoms with Crippen LogP contribution in [0, 0.1) is 5.82 Å². The fraction of sp³-hybridized carbons (Fsp3) is 0.238. The molecule has 0 aromatic heterocycles. The zero-order chi connectivity index (χ0) is 20.5. The number of nitrogens with one attached hydrogen (secondary N) is 2. The molecule has 4 rings (SSSR count). The zero-order valence-corrected chi connectivity index (χ0v) is 16.0. The van der Waals surface area contributed by atoms with Crippen LogP contribution in [0.4, 0.5) is 9.18 Å². The number of halogens is 1. The third kappa shape index (κ3) is 3.49. The Kier molecular flexibility index (Phi) is 4.84. The number of carbonyl (C=O) groups is 2. The highest BCUT2D eigenvalue weighted by atomic mass is 19.1. The third-order valence-electron chi connectivity index (χ3n) is 5.05. The smallest absolute Gasteiger partial charge is 0.319 e. The van der Waals surface area contributed by atoms with Crippen molar-refractivity contribution in [3.8, 4) is 11.5 Å². The van der Waals surface area contributed by atoms with Crippen molar-refractivity contribution in [3.05, 3.63) is 70.7 Å². The highest BCUT2D eigenvalue weighted by Crippen LogP contribution is 2.37. The van der Waals surface area contributed by atoms with E-state index in [-0.39, 0.29) is 24.3 Å². The van der Waals surface area contributed by atoms with Crippen molar-refractivity contribution in [3.63, 3.8) is 0 Å². The molecule has 0 unspecified atom stereocenters. The lowest BCUT2D eigenvalue weighted by atomic mass is 9.96. The van der Waals surface area contributed by atoms with Gasteiger partial charge in [-0.15, -0.1) is 0 Å². The Bertz CT molecular complexity index is 1000. The van der Waals surface area contributed by atoms with Crippen molar-refractivity contribution >= 4 is 11.9 Å². The molecule has 1 atom stereocenters. The first-order valence-corrected chi connectivity index (χ1v) is 9.06. The first-order valence-electron chi connectivity index (χ1n) is 9.06. The highest BCUT2D eigenvalue weighted by Gasteiger charge is 2.40. The molecular weight excluding hydrogens is 377 g/mol. The minimum atomic E-state index is -0.607. The Morgan fingerprint density at radius 1 is 1.07 bits per heavy atom. The molecule has 0 aliphatic carbocycles. The maximum Gasteiger partial charge on any atom is 0.319 e. The Labute approximate surface area is 167 Å². The normalized spacial score (nSPS) is 18.3. The zero-order valence-electron chi connectivity index (χ0n) is 16.0. The summed E-state index contributed by atoms with van der Waals surface area (Å²) in [6.45, 7) is 0.601. The monoisotopic (exact) mass is 397 g/mol. The molecule has 2 heterocycles. The SMILES string of the molecule is COc1ccc([C@H]2NC(=O)NC3=C2C(=O)N(Cc2ccc(F)cc2)C3)cc1OC. The summed E-state index contributed by atoms with van der Waals surface area (Å²) in [5.74, 6) is 0.551. The number of methoxy groups -OCH3 is 2. The van der Waals surface area contributed by atoms with Crippen molar-refractivity contribution in [1.82, 2.24) is 15.5 Å². The average Bonchev–Trinajstić information content (AvgIpc) is 3.03. The maximum atomic E-state index is 13.2. The van der Waals surface area contributed by atoms with Crippen LogP contribution in [0.1, 0.15) is 17.2 Å². The summed E-state index contributed by atoms with van der Waals surface area (Å²) in [6, 6.07) is 10.3. The topological polar surface area (TPSA) is 79.9 Å². The number of amides is 3. The van der Waals surface area contributed by atoms with Gasteiger partial charge in [-0.3, -0.25) is 4.79 Å². The Morgan fingerprint density at radius 2 is 1.79 bits per heavy atom. The predicted molar refractivity (Wildman–Crippen MR) is 103 cm³/mol. The summed E-state index contributed by atoms with van der Waals surface area (Å²) in [6.07, 6.45) is 0. The van der Waals surface area contributed by atoms with E-state index in [9.17, 15) is 14.0 Å². The lowest BCUT2D eigenvalue weighted by Gasteiger charge is -2.26. The first kappa shape index (κ1) is 18.8. The minimum Gasteiger partial charge on any atom is -0.493 e. The van der Waals surface area contributed by atoms with Gasteiger partial charge in [0.05, 0.1) is 38.1 Å². The molecule has 2 aromatic rings. The van der Waals surface area contributed by atoms with Crippen molar-refractivity contribution in [1.29, 1.82) is 0 Å². The second-order valence-electron chi connectivity index (χ2n) is 6.83. The molecule has 2 aromatic carbocycles. The van der Waals surface area contributed by atoms with Gasteiger partial charge >= 0.3 is 6.03 Å². The van der Waals surface area contributed by atoms with E-state index in [4.69, 9.17) is 9.47 Å². The number of rotatable bonds is 5. The van der Waals surface area contributed by atoms with Gasteiger partial charge < -0.3 is 25.0 Å². The van der Waals surface area contributed by atoms with Crippen LogP contribution in [-0.2, 0) is 11.3 Å². The van der Waals surface area contributed by atoms with Crippen molar-refractivity contribution in [2.45, 2.75) is 12.6 Å². The second kappa shape index (κ2) is 7.46. The molecule has 3 amide bonds. The van der Waals surface area contributed by atoms with Crippen LogP contribution in [0.2, 0.25) is 0 Å². The lowest BCUT2D eigenvalue weighted by Crippen LogP contribution is -2.44. The predicted octanol–water partition coefficient (Wildman–Crippen LogP) is 2.49. The van der Waals surface area contributed by atoms with Gasteiger partial charge in [0.15, 0.2) is 11.5 Å². The summed E-state index contributed by atoms with van der Waals surface area (Å²) in [5, 5.41) is 5.55. The Hall–Kier alpha value is -3.55. The van der Waals surface area contributed by atoms with Gasteiger partial charge in [0, 0.05) is 6.54 Å². The van der Waals surface area contributed by atoms with E-state index in [0.717, 1.165) is 5.56 Å². The molecule has 0 saturated heterocycles. The fourth-order valence-corrected chi connectivity index (χ4v) is 3.65. The van der Waals surface area contributed by atoms with Gasteiger partial charge in [0.1, 0.15) is 5.82 Å². The molecule has 2 N–H and O–H groups in total. The molecule has 7 nitrogen and oxygen atoms in total. The van der Waals surface area contributed by atoms with Gasteiger partial charge in [-0.1, -0.05) is 18.2 Å². The number of hydrogen-bond acceptors (Lipinski definition) is 4. The van der Waals surface area contributed by atoms with Crippen LogP contribution < -0.4 is 20.1 Å². The summed E-state index contributed by atoms with van der Waals surface area (Å²) >= 11 is 0. The van der Waals surface area contributed by atoms with Gasteiger partial charge in [0.25, 0.3) is 5.91 Å². The van der Waals surface area contributed by atoms with E-state index in [1.54, 1.807) is 35.2 Å². The summed E-state index contributed by atoms with van der Waals surface area (Å²) in [7, 11) is 3.07. The average molecular weight is 397 g/mol. The largest absolute Gasteiger partial charge is 0.493 e. The molecule has 150 valence electrons. The molecular formula is C21H20FN3O4. The van der Waals surface area contributed by atoms with Crippen molar-refractivity contribution in [2.24, 2.45) is 0 Å². The Morgan fingerprint density at radius 3 is 2.48 bits per heavy atom. The minimum absolute atomic E-state index is 0.184. The quantitative estimate of drug-likeness (QED) is 0.813. The number of carbonyl (C=O) groups excluding carboxylic acids is 2. The molecule has 0 spiro atoms. The van der Waals surface area contributed by atoms with Crippen LogP contribution in [0.25, 0.3) is 0 Å². The highest BCUT2D eigenvalue weighted by molar-refractivity contribution is 6.01. The number of nitrogens with zero attached hydrogens (tertiary/aromatic N) is 1. The molecule has 0 bridgehead atoms. The lowest BCUT2D eigenvalue weighted by molar-refractivity contribution is -0.126. The van der Waals surface area contributed by atoms with E-state index >= 15 is 0 Å². The molecule has 2 aliphatic rings. The van der Waals surface area contributed by atoms with Crippen molar-refractivity contribution in [2.75, 3.05) is 20.8 Å². The van der Waals surface area contributed by atoms with E-state index in [0.29, 0.717) is 34.9 Å². The van der Waals surface area contributed by atoms with Gasteiger partial charge in [-0.2, -0.15) is 0 Å². The van der Waals surface area contributed by atoms with Crippen LogP contribution in [-0.4, -0.2) is 37.6 Å². The standard InChI is InChI=1S/C21H20FN3O4/c1-28-16-8-5-13(9-17(16)29-2)19-18-15(23-21(27)24-19)11-25(20(18)26)10-12-3-6-14(22)7-4-12/h3-9,19H,10-11H2,1-2H3,(H2,23,24,27)/t19-/m1/s1. The van der Waals surface area contributed by atoms with Crippen LogP contribution in [0.15, 0.2) is 53.7 Å². The Balaban J connectivity index is 1.63. The molecule has 2 aliphatic heterocycles. The van der Waals surface area contributed by atoms with Gasteiger partial charge in [-0.05, 0) is 35.4 Å². The van der Waals surface area contributed by atoms with E-state index < -0.39 is 6.04 Å². The summed E-state index contributed by atoms with van der Waals surface area (Å²) in [4.78, 5) is 26.9. The number of hydrogen-bond donors (Lipinski definition) is 2. The van der Waals surface area contributed by atoms with Crippen LogP contribution >= 0.6 is 0 Å². The van der Waals surface area contributed by atoms with Gasteiger partial charge in [0.2, 0.25) is 0 Å². The number of ether oxygens (including phenoxy) is 2. The summed E-state index contributed by atoms with van der Waals surface area (Å²) in [5.41, 5.74) is 2.57. The molecule has 0 fully saturated rings. The number of urea groups is 1. The molecule has 8 heteroatoms. The summed E-state index contributed by atoms with van der Waals surface area (Å²) < 4.78 is 23.8. The maximum absolute atomic E-state index is 13.2. The third-order valence-corrected chi connectivity index (χ3v) is 5.05. The van der Waals surface area contributed by atoms with Gasteiger partial charge in [-0.25, -0.2) is 9.18 Å². The fourth-order valence-electron chi connectivity index (χ4n) is 3.65. The van der Waals surface area contributed by atoms with E-state index in [2.05, 4.69) is 10.6 Å². The van der Waals surface area contributed by atoms with Crippen LogP contribution in [0.5, 0.6) is 11.5 Å². The van der Waals surface area contributed by atoms with E-state index in [1.807, 2.05) is 0 Å². The van der Waals surface area contributed by atoms with Crippen molar-refractivity contribution < 1.29 is 23.5 Å². The van der Waals surface area contributed by atoms with Crippen LogP contribution in [0.3, 0.4) is 0 Å². The molecule has 29 heavy (non-hydrogen) atoms. The molecule has 0 saturated carbocycles. The second-order valence-corrected chi connectivity index (χ2v) is 6.83.